The lowest BCUT2D eigenvalue weighted by molar-refractivity contribution is 0.170. The zero-order valence-corrected chi connectivity index (χ0v) is 13.4. The van der Waals surface area contributed by atoms with Gasteiger partial charge in [-0.1, -0.05) is 40.0 Å². The van der Waals surface area contributed by atoms with Crippen molar-refractivity contribution in [1.82, 2.24) is 20.1 Å². The van der Waals surface area contributed by atoms with Gasteiger partial charge in [0.15, 0.2) is 0 Å². The van der Waals surface area contributed by atoms with E-state index in [0.717, 1.165) is 25.9 Å². The second kappa shape index (κ2) is 7.21. The van der Waals surface area contributed by atoms with E-state index in [-0.39, 0.29) is 0 Å². The predicted molar refractivity (Wildman–Crippen MR) is 82.7 cm³/mol. The molecule has 0 spiro atoms. The number of aromatic nitrogens is 3. The van der Waals surface area contributed by atoms with Gasteiger partial charge in [-0.2, -0.15) is 5.10 Å². The summed E-state index contributed by atoms with van der Waals surface area (Å²) in [6.07, 6.45) is 10.7. The molecular formula is C16H30N4. The van der Waals surface area contributed by atoms with Crippen LogP contribution in [0.25, 0.3) is 0 Å². The van der Waals surface area contributed by atoms with Crippen LogP contribution < -0.4 is 5.32 Å². The van der Waals surface area contributed by atoms with Crippen LogP contribution in [0.15, 0.2) is 6.33 Å². The Hall–Kier alpha value is -0.900. The molecule has 0 aliphatic heterocycles. The average Bonchev–Trinajstić information content (AvgIpc) is 2.85. The van der Waals surface area contributed by atoms with E-state index in [2.05, 4.69) is 40.9 Å². The van der Waals surface area contributed by atoms with Crippen molar-refractivity contribution < 1.29 is 0 Å². The van der Waals surface area contributed by atoms with Gasteiger partial charge in [-0.15, -0.1) is 0 Å². The van der Waals surface area contributed by atoms with Crippen LogP contribution in [0.5, 0.6) is 0 Å². The Morgan fingerprint density at radius 1 is 1.30 bits per heavy atom. The third-order valence-electron chi connectivity index (χ3n) is 4.46. The molecule has 0 amide bonds. The zero-order valence-electron chi connectivity index (χ0n) is 13.4. The van der Waals surface area contributed by atoms with Gasteiger partial charge in [-0.25, -0.2) is 4.98 Å². The first-order valence-corrected chi connectivity index (χ1v) is 8.25. The first kappa shape index (κ1) is 15.5. The number of nitrogens with zero attached hydrogens (tertiary/aromatic N) is 3. The highest BCUT2D eigenvalue weighted by Crippen LogP contribution is 2.38. The molecule has 0 bridgehead atoms. The fourth-order valence-electron chi connectivity index (χ4n) is 3.30. The fourth-order valence-corrected chi connectivity index (χ4v) is 3.30. The summed E-state index contributed by atoms with van der Waals surface area (Å²) in [5.74, 6) is 1.18. The van der Waals surface area contributed by atoms with Gasteiger partial charge in [-0.05, 0) is 24.7 Å². The fraction of sp³-hybridized carbons (Fsp3) is 0.875. The molecule has 0 aromatic carbocycles. The third kappa shape index (κ3) is 4.05. The van der Waals surface area contributed by atoms with E-state index in [0.29, 0.717) is 11.5 Å². The second-order valence-corrected chi connectivity index (χ2v) is 6.67. The van der Waals surface area contributed by atoms with E-state index < -0.39 is 0 Å². The summed E-state index contributed by atoms with van der Waals surface area (Å²) >= 11 is 0. The summed E-state index contributed by atoms with van der Waals surface area (Å²) in [6.45, 7) is 8.76. The van der Waals surface area contributed by atoms with Crippen molar-refractivity contribution in [3.63, 3.8) is 0 Å². The normalized spacial score (nSPS) is 18.6. The molecule has 1 aliphatic rings. The van der Waals surface area contributed by atoms with Crippen LogP contribution >= 0.6 is 0 Å². The molecule has 20 heavy (non-hydrogen) atoms. The summed E-state index contributed by atoms with van der Waals surface area (Å²) in [5.41, 5.74) is 0.390. The molecule has 4 heteroatoms. The lowest BCUT2D eigenvalue weighted by Crippen LogP contribution is -2.41. The summed E-state index contributed by atoms with van der Waals surface area (Å²) in [4.78, 5) is 4.53. The molecule has 2 rings (SSSR count). The summed E-state index contributed by atoms with van der Waals surface area (Å²) in [6, 6.07) is 0.558. The van der Waals surface area contributed by atoms with Gasteiger partial charge in [0.1, 0.15) is 12.2 Å². The second-order valence-electron chi connectivity index (χ2n) is 6.67. The van der Waals surface area contributed by atoms with Crippen LogP contribution in [0.1, 0.15) is 65.1 Å². The van der Waals surface area contributed by atoms with Gasteiger partial charge >= 0.3 is 0 Å². The molecule has 0 unspecified atom stereocenters. The zero-order chi connectivity index (χ0) is 14.4. The van der Waals surface area contributed by atoms with Crippen molar-refractivity contribution in [3.05, 3.63) is 12.2 Å². The molecule has 1 fully saturated rings. The Bertz CT molecular complexity index is 391. The minimum absolute atomic E-state index is 0.390. The van der Waals surface area contributed by atoms with E-state index >= 15 is 0 Å². The minimum atomic E-state index is 0.390. The number of hydrogen-bond donors (Lipinski definition) is 1. The maximum absolute atomic E-state index is 4.53. The Labute approximate surface area is 123 Å². The molecule has 1 N–H and O–H groups in total. The number of nitrogens with one attached hydrogen (secondary N) is 1. The number of aryl methyl sites for hydroxylation is 1. The van der Waals surface area contributed by atoms with Crippen LogP contribution in [0.2, 0.25) is 0 Å². The Kier molecular flexibility index (Phi) is 5.58. The first-order valence-electron chi connectivity index (χ1n) is 8.25. The average molecular weight is 278 g/mol. The molecule has 4 nitrogen and oxygen atoms in total. The highest BCUT2D eigenvalue weighted by Gasteiger charge is 2.33. The van der Waals surface area contributed by atoms with E-state index in [9.17, 15) is 0 Å². The molecule has 1 heterocycles. The number of hydrogen-bond acceptors (Lipinski definition) is 3. The van der Waals surface area contributed by atoms with Gasteiger partial charge in [0.25, 0.3) is 0 Å². The molecule has 1 aromatic rings. The molecule has 1 aromatic heterocycles. The Balaban J connectivity index is 2.08. The van der Waals surface area contributed by atoms with Crippen LogP contribution in [0, 0.1) is 5.41 Å². The quantitative estimate of drug-likeness (QED) is 0.833. The Morgan fingerprint density at radius 3 is 2.70 bits per heavy atom. The van der Waals surface area contributed by atoms with Crippen LogP contribution in [-0.2, 0) is 13.0 Å². The van der Waals surface area contributed by atoms with Crippen molar-refractivity contribution in [3.8, 4) is 0 Å². The van der Waals surface area contributed by atoms with Gasteiger partial charge < -0.3 is 5.32 Å². The minimum Gasteiger partial charge on any atom is -0.314 e. The molecular weight excluding hydrogens is 248 g/mol. The van der Waals surface area contributed by atoms with E-state index in [4.69, 9.17) is 0 Å². The van der Waals surface area contributed by atoms with Crippen molar-refractivity contribution in [2.75, 3.05) is 6.54 Å². The SMILES string of the molecule is CCCn1ncnc1CC1(CNC(C)C)CCCCC1. The first-order chi connectivity index (χ1) is 9.65. The molecule has 0 saturated heterocycles. The maximum atomic E-state index is 4.53. The summed E-state index contributed by atoms with van der Waals surface area (Å²) < 4.78 is 2.10. The summed E-state index contributed by atoms with van der Waals surface area (Å²) in [7, 11) is 0. The topological polar surface area (TPSA) is 42.7 Å². The van der Waals surface area contributed by atoms with Crippen molar-refractivity contribution in [2.45, 2.75) is 78.3 Å². The van der Waals surface area contributed by atoms with Gasteiger partial charge in [0.2, 0.25) is 0 Å². The van der Waals surface area contributed by atoms with Crippen LogP contribution in [0.3, 0.4) is 0 Å². The molecule has 1 aliphatic carbocycles. The van der Waals surface area contributed by atoms with E-state index in [1.807, 2.05) is 0 Å². The maximum Gasteiger partial charge on any atom is 0.138 e. The van der Waals surface area contributed by atoms with Crippen molar-refractivity contribution >= 4 is 0 Å². The van der Waals surface area contributed by atoms with Gasteiger partial charge in [0, 0.05) is 25.6 Å². The molecule has 1 saturated carbocycles. The van der Waals surface area contributed by atoms with Crippen LogP contribution in [-0.4, -0.2) is 27.4 Å². The standard InChI is InChI=1S/C16H30N4/c1-4-10-20-15(18-13-19-20)11-16(12-17-14(2)3)8-6-5-7-9-16/h13-14,17H,4-12H2,1-3H3. The molecule has 0 radical (unpaired) electrons. The van der Waals surface area contributed by atoms with Crippen molar-refractivity contribution in [1.29, 1.82) is 0 Å². The van der Waals surface area contributed by atoms with E-state index in [1.54, 1.807) is 6.33 Å². The monoisotopic (exact) mass is 278 g/mol. The smallest absolute Gasteiger partial charge is 0.138 e. The highest BCUT2D eigenvalue weighted by molar-refractivity contribution is 4.97. The van der Waals surface area contributed by atoms with Gasteiger partial charge in [-0.3, -0.25) is 4.68 Å². The third-order valence-corrected chi connectivity index (χ3v) is 4.46. The number of rotatable bonds is 7. The van der Waals surface area contributed by atoms with E-state index in [1.165, 1.54) is 37.9 Å². The van der Waals surface area contributed by atoms with Crippen LogP contribution in [0.4, 0.5) is 0 Å². The molecule has 0 atom stereocenters. The predicted octanol–water partition coefficient (Wildman–Crippen LogP) is 3.18. The summed E-state index contributed by atoms with van der Waals surface area (Å²) in [5, 5.41) is 8.05. The van der Waals surface area contributed by atoms with Crippen molar-refractivity contribution in [2.24, 2.45) is 5.41 Å². The molecule has 114 valence electrons. The Morgan fingerprint density at radius 2 is 2.05 bits per heavy atom. The largest absolute Gasteiger partial charge is 0.314 e. The highest BCUT2D eigenvalue weighted by atomic mass is 15.3. The van der Waals surface area contributed by atoms with Gasteiger partial charge in [0.05, 0.1) is 0 Å². The lowest BCUT2D eigenvalue weighted by Gasteiger charge is -2.38. The lowest BCUT2D eigenvalue weighted by atomic mass is 9.71.